The van der Waals surface area contributed by atoms with E-state index in [0.717, 1.165) is 31.2 Å². The summed E-state index contributed by atoms with van der Waals surface area (Å²) in [5, 5.41) is 0. The van der Waals surface area contributed by atoms with Crippen LogP contribution in [0.2, 0.25) is 0 Å². The summed E-state index contributed by atoms with van der Waals surface area (Å²) < 4.78 is 0. The maximum absolute atomic E-state index is 12.5. The normalized spacial score (nSPS) is 18.1. The molecule has 3 heteroatoms. The van der Waals surface area contributed by atoms with Gasteiger partial charge in [-0.1, -0.05) is 49.1 Å². The van der Waals surface area contributed by atoms with E-state index in [9.17, 15) is 4.79 Å². The fraction of sp³-hybridized carbons (Fsp3) is 0.562. The second kappa shape index (κ2) is 5.74. The molecule has 0 aromatic heterocycles. The number of hydrogen-bond donors (Lipinski definition) is 1. The minimum Gasteiger partial charge on any atom is -0.340 e. The van der Waals surface area contributed by atoms with Crippen molar-refractivity contribution >= 4 is 5.91 Å². The van der Waals surface area contributed by atoms with Gasteiger partial charge in [-0.25, -0.2) is 0 Å². The Morgan fingerprint density at radius 1 is 1.21 bits per heavy atom. The number of hydrogen-bond acceptors (Lipinski definition) is 2. The molecule has 0 aliphatic heterocycles. The number of nitrogens with two attached hydrogens (primary N) is 1. The predicted octanol–water partition coefficient (Wildman–Crippen LogP) is 2.62. The van der Waals surface area contributed by atoms with Crippen LogP contribution in [0.1, 0.15) is 43.2 Å². The molecule has 104 valence electrons. The Hall–Kier alpha value is -1.35. The lowest BCUT2D eigenvalue weighted by atomic mass is 9.81. The van der Waals surface area contributed by atoms with Crippen molar-refractivity contribution in [3.05, 3.63) is 35.4 Å². The number of carbonyl (C=O) groups excluding carboxylic acids is 1. The highest BCUT2D eigenvalue weighted by Gasteiger charge is 2.37. The lowest BCUT2D eigenvalue weighted by Crippen LogP contribution is -2.55. The molecule has 0 bridgehead atoms. The fourth-order valence-electron chi connectivity index (χ4n) is 2.82. The summed E-state index contributed by atoms with van der Waals surface area (Å²) in [6, 6.07) is 8.30. The first-order chi connectivity index (χ1) is 9.01. The molecule has 3 nitrogen and oxygen atoms in total. The summed E-state index contributed by atoms with van der Waals surface area (Å²) >= 11 is 0. The standard InChI is InChI=1S/C16H24N2O/c1-13-6-8-14(9-7-13)12-18(2)15(19)16(17)10-4-3-5-11-16/h6-9H,3-5,10-12,17H2,1-2H3. The molecule has 1 fully saturated rings. The van der Waals surface area contributed by atoms with Gasteiger partial charge >= 0.3 is 0 Å². The van der Waals surface area contributed by atoms with E-state index in [1.807, 2.05) is 7.05 Å². The van der Waals surface area contributed by atoms with Crippen LogP contribution in [0, 0.1) is 6.92 Å². The maximum Gasteiger partial charge on any atom is 0.242 e. The third-order valence-corrected chi connectivity index (χ3v) is 4.06. The first-order valence-corrected chi connectivity index (χ1v) is 7.11. The Bertz CT molecular complexity index is 433. The largest absolute Gasteiger partial charge is 0.340 e. The molecule has 1 amide bonds. The predicted molar refractivity (Wildman–Crippen MR) is 77.7 cm³/mol. The Kier molecular flexibility index (Phi) is 4.25. The first-order valence-electron chi connectivity index (χ1n) is 7.11. The van der Waals surface area contributed by atoms with Crippen LogP contribution in [0.25, 0.3) is 0 Å². The van der Waals surface area contributed by atoms with Gasteiger partial charge in [0, 0.05) is 13.6 Å². The lowest BCUT2D eigenvalue weighted by molar-refractivity contribution is -0.137. The Labute approximate surface area is 115 Å². The smallest absolute Gasteiger partial charge is 0.242 e. The van der Waals surface area contributed by atoms with Gasteiger partial charge in [0.1, 0.15) is 0 Å². The molecule has 0 atom stereocenters. The van der Waals surface area contributed by atoms with E-state index in [1.165, 1.54) is 12.0 Å². The van der Waals surface area contributed by atoms with Gasteiger partial charge in [-0.3, -0.25) is 4.79 Å². The van der Waals surface area contributed by atoms with Crippen molar-refractivity contribution < 1.29 is 4.79 Å². The highest BCUT2D eigenvalue weighted by Crippen LogP contribution is 2.27. The van der Waals surface area contributed by atoms with Gasteiger partial charge in [-0.2, -0.15) is 0 Å². The number of amides is 1. The summed E-state index contributed by atoms with van der Waals surface area (Å²) in [4.78, 5) is 14.3. The molecule has 0 unspecified atom stereocenters. The number of nitrogens with zero attached hydrogens (tertiary/aromatic N) is 1. The van der Waals surface area contributed by atoms with Crippen LogP contribution in [0.3, 0.4) is 0 Å². The first kappa shape index (κ1) is 14.1. The van der Waals surface area contributed by atoms with Crippen molar-refractivity contribution in [2.24, 2.45) is 5.73 Å². The van der Waals surface area contributed by atoms with Gasteiger partial charge in [0.25, 0.3) is 0 Å². The average molecular weight is 260 g/mol. The Morgan fingerprint density at radius 3 is 2.37 bits per heavy atom. The zero-order chi connectivity index (χ0) is 13.9. The van der Waals surface area contributed by atoms with Crippen molar-refractivity contribution in [2.75, 3.05) is 7.05 Å². The zero-order valence-electron chi connectivity index (χ0n) is 12.0. The van der Waals surface area contributed by atoms with Crippen LogP contribution in [-0.4, -0.2) is 23.4 Å². The Balaban J connectivity index is 2.00. The summed E-state index contributed by atoms with van der Waals surface area (Å²) in [5.41, 5.74) is 8.05. The molecule has 1 aromatic carbocycles. The monoisotopic (exact) mass is 260 g/mol. The summed E-state index contributed by atoms with van der Waals surface area (Å²) in [5.74, 6) is 0.0905. The highest BCUT2D eigenvalue weighted by molar-refractivity contribution is 5.86. The molecule has 0 spiro atoms. The van der Waals surface area contributed by atoms with E-state index in [-0.39, 0.29) is 5.91 Å². The number of rotatable bonds is 3. The quantitative estimate of drug-likeness (QED) is 0.908. The maximum atomic E-state index is 12.5. The molecule has 0 saturated heterocycles. The Morgan fingerprint density at radius 2 is 1.79 bits per heavy atom. The lowest BCUT2D eigenvalue weighted by Gasteiger charge is -2.35. The van der Waals surface area contributed by atoms with E-state index < -0.39 is 5.54 Å². The molecule has 2 N–H and O–H groups in total. The molecule has 1 saturated carbocycles. The van der Waals surface area contributed by atoms with Crippen LogP contribution in [0.5, 0.6) is 0 Å². The number of likely N-dealkylation sites (N-methyl/N-ethyl adjacent to an activating group) is 1. The van der Waals surface area contributed by atoms with Crippen molar-refractivity contribution in [3.63, 3.8) is 0 Å². The number of benzene rings is 1. The third kappa shape index (κ3) is 3.35. The zero-order valence-corrected chi connectivity index (χ0v) is 12.0. The van der Waals surface area contributed by atoms with Crippen molar-refractivity contribution in [2.45, 2.75) is 51.1 Å². The summed E-state index contributed by atoms with van der Waals surface area (Å²) in [6.45, 7) is 2.70. The molecular formula is C16H24N2O. The molecule has 1 aliphatic rings. The second-order valence-corrected chi connectivity index (χ2v) is 5.86. The minimum atomic E-state index is -0.627. The van der Waals surface area contributed by atoms with Crippen LogP contribution in [0.4, 0.5) is 0 Å². The topological polar surface area (TPSA) is 46.3 Å². The average Bonchev–Trinajstić information content (AvgIpc) is 2.41. The van der Waals surface area contributed by atoms with Gasteiger partial charge in [-0.15, -0.1) is 0 Å². The van der Waals surface area contributed by atoms with E-state index >= 15 is 0 Å². The van der Waals surface area contributed by atoms with E-state index in [2.05, 4.69) is 31.2 Å². The van der Waals surface area contributed by atoms with Crippen molar-refractivity contribution in [1.82, 2.24) is 4.90 Å². The highest BCUT2D eigenvalue weighted by atomic mass is 16.2. The molecule has 19 heavy (non-hydrogen) atoms. The second-order valence-electron chi connectivity index (χ2n) is 5.86. The SMILES string of the molecule is Cc1ccc(CN(C)C(=O)C2(N)CCCCC2)cc1. The number of aryl methyl sites for hydroxylation is 1. The molecule has 0 radical (unpaired) electrons. The van der Waals surface area contributed by atoms with E-state index in [4.69, 9.17) is 5.73 Å². The van der Waals surface area contributed by atoms with Gasteiger partial charge < -0.3 is 10.6 Å². The van der Waals surface area contributed by atoms with Crippen LogP contribution in [-0.2, 0) is 11.3 Å². The number of carbonyl (C=O) groups is 1. The van der Waals surface area contributed by atoms with Crippen molar-refractivity contribution in [1.29, 1.82) is 0 Å². The van der Waals surface area contributed by atoms with Crippen LogP contribution < -0.4 is 5.73 Å². The third-order valence-electron chi connectivity index (χ3n) is 4.06. The van der Waals surface area contributed by atoms with Gasteiger partial charge in [0.05, 0.1) is 5.54 Å². The van der Waals surface area contributed by atoms with Gasteiger partial charge in [-0.05, 0) is 25.3 Å². The molecular weight excluding hydrogens is 236 g/mol. The molecule has 2 rings (SSSR count). The van der Waals surface area contributed by atoms with Crippen molar-refractivity contribution in [3.8, 4) is 0 Å². The van der Waals surface area contributed by atoms with E-state index in [0.29, 0.717) is 6.54 Å². The summed E-state index contributed by atoms with van der Waals surface area (Å²) in [6.07, 6.45) is 4.99. The van der Waals surface area contributed by atoms with E-state index in [1.54, 1.807) is 4.90 Å². The summed E-state index contributed by atoms with van der Waals surface area (Å²) in [7, 11) is 1.85. The van der Waals surface area contributed by atoms with Crippen LogP contribution >= 0.6 is 0 Å². The molecule has 0 heterocycles. The fourth-order valence-corrected chi connectivity index (χ4v) is 2.82. The minimum absolute atomic E-state index is 0.0905. The molecule has 1 aliphatic carbocycles. The molecule has 1 aromatic rings. The van der Waals surface area contributed by atoms with Gasteiger partial charge in [0.15, 0.2) is 0 Å². The van der Waals surface area contributed by atoms with Gasteiger partial charge in [0.2, 0.25) is 5.91 Å². The van der Waals surface area contributed by atoms with Crippen LogP contribution in [0.15, 0.2) is 24.3 Å².